The molecule has 0 aliphatic carbocycles. The van der Waals surface area contributed by atoms with Gasteiger partial charge in [-0.2, -0.15) is 5.26 Å². The van der Waals surface area contributed by atoms with Crippen LogP contribution in [0.5, 0.6) is 0 Å². The minimum Gasteiger partial charge on any atom is -0.368 e. The van der Waals surface area contributed by atoms with Crippen LogP contribution in [0.25, 0.3) is 0 Å². The molecule has 1 aromatic heterocycles. The zero-order valence-electron chi connectivity index (χ0n) is 13.0. The second kappa shape index (κ2) is 6.02. The molecule has 0 atom stereocenters. The van der Waals surface area contributed by atoms with Crippen molar-refractivity contribution in [1.82, 2.24) is 10.2 Å². The maximum absolute atomic E-state index is 8.78. The third kappa shape index (κ3) is 2.86. The molecule has 0 unspecified atom stereocenters. The van der Waals surface area contributed by atoms with E-state index in [0.29, 0.717) is 5.69 Å². The van der Waals surface area contributed by atoms with Crippen molar-refractivity contribution in [1.29, 1.82) is 5.26 Å². The van der Waals surface area contributed by atoms with Crippen LogP contribution in [0.15, 0.2) is 30.3 Å². The predicted octanol–water partition coefficient (Wildman–Crippen LogP) is 2.29. The summed E-state index contributed by atoms with van der Waals surface area (Å²) < 4.78 is 0. The second-order valence-electron chi connectivity index (χ2n) is 5.65. The van der Waals surface area contributed by atoms with Gasteiger partial charge in [-0.25, -0.2) is 0 Å². The molecule has 1 aliphatic rings. The van der Waals surface area contributed by atoms with Crippen molar-refractivity contribution in [2.45, 2.75) is 13.8 Å². The van der Waals surface area contributed by atoms with Crippen LogP contribution in [-0.2, 0) is 0 Å². The van der Waals surface area contributed by atoms with Crippen LogP contribution >= 0.6 is 0 Å². The number of aromatic nitrogens is 2. The van der Waals surface area contributed by atoms with E-state index in [4.69, 9.17) is 5.26 Å². The fourth-order valence-electron chi connectivity index (χ4n) is 2.79. The van der Waals surface area contributed by atoms with Gasteiger partial charge in [0.15, 0.2) is 11.5 Å². The van der Waals surface area contributed by atoms with E-state index in [2.05, 4.69) is 52.0 Å². The van der Waals surface area contributed by atoms with Gasteiger partial charge in [0.1, 0.15) is 6.07 Å². The minimum atomic E-state index is 0.359. The van der Waals surface area contributed by atoms with E-state index in [1.165, 1.54) is 16.8 Å². The van der Waals surface area contributed by atoms with Gasteiger partial charge in [0.2, 0.25) is 0 Å². The Bertz CT molecular complexity index is 694. The topological polar surface area (TPSA) is 56.0 Å². The molecule has 22 heavy (non-hydrogen) atoms. The second-order valence-corrected chi connectivity index (χ2v) is 5.65. The molecule has 1 aromatic carbocycles. The van der Waals surface area contributed by atoms with E-state index in [1.54, 1.807) is 6.07 Å². The number of nitriles is 1. The van der Waals surface area contributed by atoms with Crippen LogP contribution < -0.4 is 9.80 Å². The lowest BCUT2D eigenvalue weighted by Gasteiger charge is -2.37. The highest BCUT2D eigenvalue weighted by Gasteiger charge is 2.19. The summed E-state index contributed by atoms with van der Waals surface area (Å²) >= 11 is 0. The number of piperazine rings is 1. The molecule has 1 aliphatic heterocycles. The molecule has 0 bridgehead atoms. The van der Waals surface area contributed by atoms with Crippen molar-refractivity contribution in [3.05, 3.63) is 47.2 Å². The van der Waals surface area contributed by atoms with Gasteiger partial charge in [0.25, 0.3) is 0 Å². The van der Waals surface area contributed by atoms with Gasteiger partial charge < -0.3 is 9.80 Å². The Morgan fingerprint density at radius 1 is 0.955 bits per heavy atom. The van der Waals surface area contributed by atoms with Crippen LogP contribution in [0.2, 0.25) is 0 Å². The summed E-state index contributed by atoms with van der Waals surface area (Å²) in [5.74, 6) is 0.847. The third-order valence-electron chi connectivity index (χ3n) is 4.07. The van der Waals surface area contributed by atoms with Crippen LogP contribution in [-0.4, -0.2) is 36.4 Å². The quantitative estimate of drug-likeness (QED) is 0.850. The van der Waals surface area contributed by atoms with Gasteiger partial charge in [-0.05, 0) is 43.2 Å². The van der Waals surface area contributed by atoms with Crippen molar-refractivity contribution >= 4 is 11.5 Å². The Balaban J connectivity index is 1.69. The van der Waals surface area contributed by atoms with Gasteiger partial charge in [-0.3, -0.25) is 0 Å². The molecule has 5 nitrogen and oxygen atoms in total. The summed E-state index contributed by atoms with van der Waals surface area (Å²) in [5, 5.41) is 16.8. The first-order valence-corrected chi connectivity index (χ1v) is 7.48. The summed E-state index contributed by atoms with van der Waals surface area (Å²) in [6, 6.07) is 12.2. The highest BCUT2D eigenvalue weighted by molar-refractivity contribution is 5.56. The number of anilines is 2. The summed E-state index contributed by atoms with van der Waals surface area (Å²) in [7, 11) is 0. The third-order valence-corrected chi connectivity index (χ3v) is 4.07. The molecule has 1 fully saturated rings. The molecule has 3 rings (SSSR count). The first kappa shape index (κ1) is 14.3. The van der Waals surface area contributed by atoms with E-state index < -0.39 is 0 Å². The van der Waals surface area contributed by atoms with Gasteiger partial charge in [-0.1, -0.05) is 12.1 Å². The van der Waals surface area contributed by atoms with Gasteiger partial charge >= 0.3 is 0 Å². The maximum atomic E-state index is 8.78. The lowest BCUT2D eigenvalue weighted by molar-refractivity contribution is 0.642. The highest BCUT2D eigenvalue weighted by Crippen LogP contribution is 2.23. The lowest BCUT2D eigenvalue weighted by atomic mass is 10.1. The van der Waals surface area contributed by atoms with Gasteiger partial charge in [-0.15, -0.1) is 10.2 Å². The standard InChI is InChI=1S/C17H19N5/c1-13-3-4-14(2)16(11-13)21-7-9-22(10-8-21)17-6-5-15(12-18)19-20-17/h3-6,11H,7-10H2,1-2H3. The van der Waals surface area contributed by atoms with Crippen molar-refractivity contribution in [3.8, 4) is 6.07 Å². The Morgan fingerprint density at radius 2 is 1.68 bits per heavy atom. The van der Waals surface area contributed by atoms with Crippen molar-refractivity contribution < 1.29 is 0 Å². The zero-order chi connectivity index (χ0) is 15.5. The molecule has 0 radical (unpaired) electrons. The van der Waals surface area contributed by atoms with Crippen LogP contribution in [0, 0.1) is 25.2 Å². The Morgan fingerprint density at radius 3 is 2.32 bits per heavy atom. The first-order chi connectivity index (χ1) is 10.7. The van der Waals surface area contributed by atoms with E-state index in [9.17, 15) is 0 Å². The van der Waals surface area contributed by atoms with E-state index in [-0.39, 0.29) is 0 Å². The zero-order valence-corrected chi connectivity index (χ0v) is 13.0. The largest absolute Gasteiger partial charge is 0.368 e. The molecular weight excluding hydrogens is 274 g/mol. The fraction of sp³-hybridized carbons (Fsp3) is 0.353. The van der Waals surface area contributed by atoms with Crippen LogP contribution in [0.1, 0.15) is 16.8 Å². The Labute approximate surface area is 130 Å². The normalized spacial score (nSPS) is 14.8. The predicted molar refractivity (Wildman–Crippen MR) is 87.1 cm³/mol. The summed E-state index contributed by atoms with van der Waals surface area (Å²) in [6.07, 6.45) is 0. The number of hydrogen-bond donors (Lipinski definition) is 0. The molecular formula is C17H19N5. The first-order valence-electron chi connectivity index (χ1n) is 7.48. The average Bonchev–Trinajstić information content (AvgIpc) is 2.57. The summed E-state index contributed by atoms with van der Waals surface area (Å²) in [6.45, 7) is 8.04. The molecule has 0 amide bonds. The minimum absolute atomic E-state index is 0.359. The molecule has 0 spiro atoms. The molecule has 112 valence electrons. The lowest BCUT2D eigenvalue weighted by Crippen LogP contribution is -2.47. The number of aryl methyl sites for hydroxylation is 2. The molecule has 2 heterocycles. The Kier molecular flexibility index (Phi) is 3.92. The molecule has 0 N–H and O–H groups in total. The van der Waals surface area contributed by atoms with Crippen LogP contribution in [0.3, 0.4) is 0 Å². The molecule has 0 saturated carbocycles. The molecule has 1 saturated heterocycles. The number of hydrogen-bond acceptors (Lipinski definition) is 5. The monoisotopic (exact) mass is 293 g/mol. The number of rotatable bonds is 2. The van der Waals surface area contributed by atoms with Crippen LogP contribution in [0.4, 0.5) is 11.5 Å². The average molecular weight is 293 g/mol. The smallest absolute Gasteiger partial charge is 0.163 e. The van der Waals surface area contributed by atoms with Crippen molar-refractivity contribution in [3.63, 3.8) is 0 Å². The summed E-state index contributed by atoms with van der Waals surface area (Å²) in [5.41, 5.74) is 4.29. The maximum Gasteiger partial charge on any atom is 0.163 e. The molecule has 5 heteroatoms. The fourth-order valence-corrected chi connectivity index (χ4v) is 2.79. The Hall–Kier alpha value is -2.61. The van der Waals surface area contributed by atoms with Crippen molar-refractivity contribution in [2.24, 2.45) is 0 Å². The summed E-state index contributed by atoms with van der Waals surface area (Å²) in [4.78, 5) is 4.64. The van der Waals surface area contributed by atoms with E-state index >= 15 is 0 Å². The van der Waals surface area contributed by atoms with E-state index in [0.717, 1.165) is 32.0 Å². The van der Waals surface area contributed by atoms with Gasteiger partial charge in [0, 0.05) is 31.9 Å². The van der Waals surface area contributed by atoms with Crippen molar-refractivity contribution in [2.75, 3.05) is 36.0 Å². The van der Waals surface area contributed by atoms with E-state index in [1.807, 2.05) is 12.1 Å². The SMILES string of the molecule is Cc1ccc(C)c(N2CCN(c3ccc(C#N)nn3)CC2)c1. The number of nitrogens with zero attached hydrogens (tertiary/aromatic N) is 5. The van der Waals surface area contributed by atoms with Gasteiger partial charge in [0.05, 0.1) is 0 Å². The highest BCUT2D eigenvalue weighted by atomic mass is 15.3. The molecule has 2 aromatic rings. The number of benzene rings is 1.